The van der Waals surface area contributed by atoms with Crippen LogP contribution in [0.4, 0.5) is 13.2 Å². The van der Waals surface area contributed by atoms with Gasteiger partial charge in [0, 0.05) is 7.05 Å². The summed E-state index contributed by atoms with van der Waals surface area (Å²) in [6.45, 7) is -1.64. The van der Waals surface area contributed by atoms with E-state index in [2.05, 4.69) is 0 Å². The maximum atomic E-state index is 12.2. The summed E-state index contributed by atoms with van der Waals surface area (Å²) >= 11 is 5.66. The van der Waals surface area contributed by atoms with Gasteiger partial charge in [0.1, 0.15) is 11.4 Å². The lowest BCUT2D eigenvalue weighted by Gasteiger charge is -2.19. The molecule has 1 aromatic carbocycles. The Morgan fingerprint density at radius 1 is 1.42 bits per heavy atom. The van der Waals surface area contributed by atoms with Crippen molar-refractivity contribution in [3.8, 4) is 6.07 Å². The zero-order valence-corrected chi connectivity index (χ0v) is 11.1. The summed E-state index contributed by atoms with van der Waals surface area (Å²) in [6, 6.07) is 5.04. The van der Waals surface area contributed by atoms with Gasteiger partial charge in [0.2, 0.25) is 10.0 Å². The van der Waals surface area contributed by atoms with Crippen molar-refractivity contribution in [2.45, 2.75) is 11.1 Å². The van der Waals surface area contributed by atoms with Gasteiger partial charge in [-0.2, -0.15) is 22.7 Å². The van der Waals surface area contributed by atoms with Gasteiger partial charge in [-0.1, -0.05) is 11.6 Å². The fourth-order valence-corrected chi connectivity index (χ4v) is 2.93. The summed E-state index contributed by atoms with van der Waals surface area (Å²) < 4.78 is 60.6. The molecule has 0 bridgehead atoms. The highest BCUT2D eigenvalue weighted by Gasteiger charge is 2.35. The highest BCUT2D eigenvalue weighted by Crippen LogP contribution is 2.27. The van der Waals surface area contributed by atoms with Crippen LogP contribution in [0.15, 0.2) is 23.1 Å². The number of nitrogens with zero attached hydrogens (tertiary/aromatic N) is 2. The average molecular weight is 313 g/mol. The lowest BCUT2D eigenvalue weighted by Crippen LogP contribution is -2.36. The van der Waals surface area contributed by atoms with Crippen LogP contribution in [0.1, 0.15) is 5.56 Å². The number of rotatable bonds is 3. The van der Waals surface area contributed by atoms with Gasteiger partial charge in [-0.25, -0.2) is 8.42 Å². The van der Waals surface area contributed by atoms with E-state index in [1.165, 1.54) is 6.07 Å². The van der Waals surface area contributed by atoms with Gasteiger partial charge < -0.3 is 0 Å². The van der Waals surface area contributed by atoms with Crippen molar-refractivity contribution in [2.75, 3.05) is 13.6 Å². The standard InChI is InChI=1S/C10H8ClF3N2O2S/c1-16(6-10(12,13)14)19(17,18)9-4-7(5-15)2-3-8(9)11/h2-4H,6H2,1H3. The lowest BCUT2D eigenvalue weighted by atomic mass is 10.2. The topological polar surface area (TPSA) is 61.2 Å². The van der Waals surface area contributed by atoms with E-state index in [9.17, 15) is 21.6 Å². The molecule has 0 aliphatic heterocycles. The minimum absolute atomic E-state index is 0.0108. The maximum Gasteiger partial charge on any atom is 0.402 e. The van der Waals surface area contributed by atoms with Crippen molar-refractivity contribution >= 4 is 21.6 Å². The van der Waals surface area contributed by atoms with E-state index in [1.54, 1.807) is 6.07 Å². The van der Waals surface area contributed by atoms with E-state index in [0.717, 1.165) is 19.2 Å². The molecule has 0 aliphatic rings. The Hall–Kier alpha value is -1.30. The first-order valence-electron chi connectivity index (χ1n) is 4.80. The summed E-state index contributed by atoms with van der Waals surface area (Å²) in [6.07, 6.45) is -4.67. The Bertz CT molecular complexity index is 623. The smallest absolute Gasteiger partial charge is 0.207 e. The average Bonchev–Trinajstić information content (AvgIpc) is 2.27. The second-order valence-corrected chi connectivity index (χ2v) is 6.05. The zero-order chi connectivity index (χ0) is 14.8. The largest absolute Gasteiger partial charge is 0.402 e. The molecule has 0 aliphatic carbocycles. The van der Waals surface area contributed by atoms with Crippen molar-refractivity contribution in [3.63, 3.8) is 0 Å². The Morgan fingerprint density at radius 3 is 2.47 bits per heavy atom. The molecule has 0 N–H and O–H groups in total. The number of sulfonamides is 1. The molecule has 0 saturated heterocycles. The predicted octanol–water partition coefficient (Wildman–Crippen LogP) is 2.39. The molecule has 104 valence electrons. The van der Waals surface area contributed by atoms with Crippen LogP contribution in [0.25, 0.3) is 0 Å². The molecule has 0 spiro atoms. The van der Waals surface area contributed by atoms with Crippen LogP contribution in [0, 0.1) is 11.3 Å². The van der Waals surface area contributed by atoms with Crippen LogP contribution in [0.3, 0.4) is 0 Å². The summed E-state index contributed by atoms with van der Waals surface area (Å²) in [5.41, 5.74) is -0.0108. The van der Waals surface area contributed by atoms with Gasteiger partial charge in [0.15, 0.2) is 0 Å². The third kappa shape index (κ3) is 3.83. The predicted molar refractivity (Wildman–Crippen MR) is 62.0 cm³/mol. The molecule has 19 heavy (non-hydrogen) atoms. The van der Waals surface area contributed by atoms with Crippen LogP contribution in [0.5, 0.6) is 0 Å². The highest BCUT2D eigenvalue weighted by molar-refractivity contribution is 7.89. The number of alkyl halides is 3. The third-order valence-corrected chi connectivity index (χ3v) is 4.44. The second kappa shape index (κ2) is 5.36. The van der Waals surface area contributed by atoms with Crippen LogP contribution in [-0.2, 0) is 10.0 Å². The van der Waals surface area contributed by atoms with Gasteiger partial charge in [-0.3, -0.25) is 0 Å². The first-order chi connectivity index (χ1) is 8.58. The van der Waals surface area contributed by atoms with Gasteiger partial charge in [-0.15, -0.1) is 0 Å². The van der Waals surface area contributed by atoms with Crippen molar-refractivity contribution in [1.82, 2.24) is 4.31 Å². The Labute approximate surface area is 113 Å². The fourth-order valence-electron chi connectivity index (χ4n) is 1.28. The first kappa shape index (κ1) is 15.8. The molecule has 4 nitrogen and oxygen atoms in total. The molecule has 0 saturated carbocycles. The molecule has 0 unspecified atom stereocenters. The molecule has 0 heterocycles. The second-order valence-electron chi connectivity index (χ2n) is 3.63. The van der Waals surface area contributed by atoms with Gasteiger partial charge in [0.05, 0.1) is 16.7 Å². The maximum absolute atomic E-state index is 12.2. The van der Waals surface area contributed by atoms with E-state index in [1.807, 2.05) is 0 Å². The molecule has 1 rings (SSSR count). The number of benzene rings is 1. The van der Waals surface area contributed by atoms with E-state index in [4.69, 9.17) is 16.9 Å². The quantitative estimate of drug-likeness (QED) is 0.861. The number of hydrogen-bond acceptors (Lipinski definition) is 3. The minimum Gasteiger partial charge on any atom is -0.207 e. The zero-order valence-electron chi connectivity index (χ0n) is 9.57. The van der Waals surface area contributed by atoms with E-state index < -0.39 is 27.6 Å². The lowest BCUT2D eigenvalue weighted by molar-refractivity contribution is -0.134. The monoisotopic (exact) mass is 312 g/mol. The molecule has 0 amide bonds. The third-order valence-electron chi connectivity index (χ3n) is 2.15. The summed E-state index contributed by atoms with van der Waals surface area (Å²) in [5, 5.41) is 8.42. The van der Waals surface area contributed by atoms with Gasteiger partial charge in [0.25, 0.3) is 0 Å². The van der Waals surface area contributed by atoms with Crippen molar-refractivity contribution in [3.05, 3.63) is 28.8 Å². The molecular weight excluding hydrogens is 305 g/mol. The normalized spacial score (nSPS) is 12.5. The Balaban J connectivity index is 3.24. The number of halogens is 4. The van der Waals surface area contributed by atoms with Crippen LogP contribution in [-0.4, -0.2) is 32.5 Å². The molecule has 1 aromatic rings. The van der Waals surface area contributed by atoms with Gasteiger partial charge in [-0.05, 0) is 18.2 Å². The highest BCUT2D eigenvalue weighted by atomic mass is 35.5. The number of hydrogen-bond donors (Lipinski definition) is 0. The van der Waals surface area contributed by atoms with Crippen LogP contribution >= 0.6 is 11.6 Å². The minimum atomic E-state index is -4.67. The molecule has 0 fully saturated rings. The van der Waals surface area contributed by atoms with E-state index >= 15 is 0 Å². The fraction of sp³-hybridized carbons (Fsp3) is 0.300. The van der Waals surface area contributed by atoms with Gasteiger partial charge >= 0.3 is 6.18 Å². The molecule has 0 radical (unpaired) electrons. The summed E-state index contributed by atoms with van der Waals surface area (Å²) in [7, 11) is -3.62. The Morgan fingerprint density at radius 2 is 2.00 bits per heavy atom. The SMILES string of the molecule is CN(CC(F)(F)F)S(=O)(=O)c1cc(C#N)ccc1Cl. The molecule has 0 aromatic heterocycles. The molecule has 0 atom stereocenters. The number of nitriles is 1. The summed E-state index contributed by atoms with van der Waals surface area (Å²) in [5.74, 6) is 0. The summed E-state index contributed by atoms with van der Waals surface area (Å²) in [4.78, 5) is -0.528. The van der Waals surface area contributed by atoms with E-state index in [0.29, 0.717) is 0 Å². The van der Waals surface area contributed by atoms with Crippen molar-refractivity contribution < 1.29 is 21.6 Å². The first-order valence-corrected chi connectivity index (χ1v) is 6.62. The van der Waals surface area contributed by atoms with Crippen molar-refractivity contribution in [2.24, 2.45) is 0 Å². The van der Waals surface area contributed by atoms with E-state index in [-0.39, 0.29) is 14.9 Å². The van der Waals surface area contributed by atoms with Crippen molar-refractivity contribution in [1.29, 1.82) is 5.26 Å². The van der Waals surface area contributed by atoms with Crippen LogP contribution < -0.4 is 0 Å². The van der Waals surface area contributed by atoms with Crippen LogP contribution in [0.2, 0.25) is 5.02 Å². The Kier molecular flexibility index (Phi) is 4.45. The molecular formula is C10H8ClF3N2O2S. The molecule has 9 heteroatoms.